The van der Waals surface area contributed by atoms with Crippen molar-refractivity contribution in [2.24, 2.45) is 0 Å². The molecule has 0 atom stereocenters. The summed E-state index contributed by atoms with van der Waals surface area (Å²) in [4.78, 5) is 6.63. The minimum atomic E-state index is 0.328. The van der Waals surface area contributed by atoms with Gasteiger partial charge in [0.1, 0.15) is 0 Å². The number of rotatable bonds is 5. The SMILES string of the molecule is CN(CCc1ccccn1)Cc1ccc2c(c1)OCO2. The molecule has 1 aliphatic rings. The fraction of sp³-hybridized carbons (Fsp3) is 0.312. The molecule has 4 nitrogen and oxygen atoms in total. The molecule has 1 aromatic heterocycles. The van der Waals surface area contributed by atoms with Crippen LogP contribution in [0.15, 0.2) is 42.6 Å². The van der Waals surface area contributed by atoms with Crippen LogP contribution < -0.4 is 9.47 Å². The molecule has 4 heteroatoms. The van der Waals surface area contributed by atoms with Gasteiger partial charge in [0.05, 0.1) is 0 Å². The van der Waals surface area contributed by atoms with Gasteiger partial charge in [-0.2, -0.15) is 0 Å². The fourth-order valence-electron chi connectivity index (χ4n) is 2.28. The predicted molar refractivity (Wildman–Crippen MR) is 76.8 cm³/mol. The highest BCUT2D eigenvalue weighted by atomic mass is 16.7. The van der Waals surface area contributed by atoms with E-state index < -0.39 is 0 Å². The van der Waals surface area contributed by atoms with E-state index in [2.05, 4.69) is 35.1 Å². The molecular formula is C16H18N2O2. The zero-order valence-corrected chi connectivity index (χ0v) is 11.6. The minimum Gasteiger partial charge on any atom is -0.454 e. The van der Waals surface area contributed by atoms with Crippen LogP contribution in [0.2, 0.25) is 0 Å². The van der Waals surface area contributed by atoms with Gasteiger partial charge < -0.3 is 14.4 Å². The molecule has 2 aromatic rings. The van der Waals surface area contributed by atoms with Crippen molar-refractivity contribution in [2.45, 2.75) is 13.0 Å². The minimum absolute atomic E-state index is 0.328. The first-order valence-electron chi connectivity index (χ1n) is 6.78. The second kappa shape index (κ2) is 5.92. The van der Waals surface area contributed by atoms with Crippen LogP contribution in [0.3, 0.4) is 0 Å². The Morgan fingerprint density at radius 3 is 2.90 bits per heavy atom. The predicted octanol–water partition coefficient (Wildman–Crippen LogP) is 2.48. The number of hydrogen-bond donors (Lipinski definition) is 0. The Bertz CT molecular complexity index is 572. The first kappa shape index (κ1) is 12.9. The summed E-state index contributed by atoms with van der Waals surface area (Å²) in [6.07, 6.45) is 2.80. The molecule has 0 N–H and O–H groups in total. The van der Waals surface area contributed by atoms with Crippen molar-refractivity contribution < 1.29 is 9.47 Å². The maximum Gasteiger partial charge on any atom is 0.231 e. The van der Waals surface area contributed by atoms with Crippen LogP contribution in [0.25, 0.3) is 0 Å². The van der Waals surface area contributed by atoms with E-state index in [-0.39, 0.29) is 0 Å². The third-order valence-electron chi connectivity index (χ3n) is 3.37. The van der Waals surface area contributed by atoms with Crippen LogP contribution in [0.1, 0.15) is 11.3 Å². The summed E-state index contributed by atoms with van der Waals surface area (Å²) in [6, 6.07) is 12.2. The van der Waals surface area contributed by atoms with E-state index in [1.54, 1.807) is 0 Å². The monoisotopic (exact) mass is 270 g/mol. The molecule has 20 heavy (non-hydrogen) atoms. The zero-order valence-electron chi connectivity index (χ0n) is 11.6. The van der Waals surface area contributed by atoms with Crippen LogP contribution in [-0.4, -0.2) is 30.3 Å². The molecule has 104 valence electrons. The normalized spacial score (nSPS) is 12.9. The van der Waals surface area contributed by atoms with Gasteiger partial charge in [-0.25, -0.2) is 0 Å². The van der Waals surface area contributed by atoms with Crippen molar-refractivity contribution in [3.05, 3.63) is 53.9 Å². The highest BCUT2D eigenvalue weighted by molar-refractivity contribution is 5.44. The van der Waals surface area contributed by atoms with Crippen LogP contribution in [-0.2, 0) is 13.0 Å². The number of fused-ring (bicyclic) bond motifs is 1. The van der Waals surface area contributed by atoms with Crippen molar-refractivity contribution in [2.75, 3.05) is 20.4 Å². The van der Waals surface area contributed by atoms with Crippen LogP contribution in [0, 0.1) is 0 Å². The third-order valence-corrected chi connectivity index (χ3v) is 3.37. The Morgan fingerprint density at radius 1 is 1.15 bits per heavy atom. The quantitative estimate of drug-likeness (QED) is 0.836. The molecule has 0 saturated heterocycles. The molecule has 0 amide bonds. The van der Waals surface area contributed by atoms with E-state index in [1.807, 2.05) is 24.4 Å². The Hall–Kier alpha value is -2.07. The second-order valence-corrected chi connectivity index (χ2v) is 5.00. The summed E-state index contributed by atoms with van der Waals surface area (Å²) in [5.74, 6) is 1.69. The second-order valence-electron chi connectivity index (χ2n) is 5.00. The maximum absolute atomic E-state index is 5.40. The van der Waals surface area contributed by atoms with Crippen LogP contribution >= 0.6 is 0 Å². The molecule has 1 aliphatic heterocycles. The highest BCUT2D eigenvalue weighted by Crippen LogP contribution is 2.32. The lowest BCUT2D eigenvalue weighted by Gasteiger charge is -2.16. The van der Waals surface area contributed by atoms with Gasteiger partial charge >= 0.3 is 0 Å². The Morgan fingerprint density at radius 2 is 2.05 bits per heavy atom. The lowest BCUT2D eigenvalue weighted by molar-refractivity contribution is 0.174. The molecule has 0 saturated carbocycles. The smallest absolute Gasteiger partial charge is 0.231 e. The molecule has 0 spiro atoms. The van der Waals surface area contributed by atoms with Crippen molar-refractivity contribution in [1.82, 2.24) is 9.88 Å². The number of hydrogen-bond acceptors (Lipinski definition) is 4. The lowest BCUT2D eigenvalue weighted by atomic mass is 10.2. The standard InChI is InChI=1S/C16H18N2O2/c1-18(9-7-14-4-2-3-8-17-14)11-13-5-6-15-16(10-13)20-12-19-15/h2-6,8,10H,7,9,11-12H2,1H3. The summed E-state index contributed by atoms with van der Waals surface area (Å²) >= 11 is 0. The number of aromatic nitrogens is 1. The first-order valence-corrected chi connectivity index (χ1v) is 6.78. The van der Waals surface area contributed by atoms with Gasteiger partial charge in [-0.1, -0.05) is 12.1 Å². The van der Waals surface area contributed by atoms with Gasteiger partial charge in [-0.05, 0) is 36.9 Å². The highest BCUT2D eigenvalue weighted by Gasteiger charge is 2.13. The zero-order chi connectivity index (χ0) is 13.8. The van der Waals surface area contributed by atoms with Gasteiger partial charge in [0.15, 0.2) is 11.5 Å². The summed E-state index contributed by atoms with van der Waals surface area (Å²) < 4.78 is 10.7. The Balaban J connectivity index is 1.55. The average Bonchev–Trinajstić information content (AvgIpc) is 2.94. The molecule has 0 radical (unpaired) electrons. The molecule has 0 fully saturated rings. The van der Waals surface area contributed by atoms with Crippen molar-refractivity contribution >= 4 is 0 Å². The molecular weight excluding hydrogens is 252 g/mol. The molecule has 0 unspecified atom stereocenters. The van der Waals surface area contributed by atoms with Crippen molar-refractivity contribution in [3.8, 4) is 11.5 Å². The van der Waals surface area contributed by atoms with Crippen molar-refractivity contribution in [1.29, 1.82) is 0 Å². The van der Waals surface area contributed by atoms with E-state index in [4.69, 9.17) is 9.47 Å². The molecule has 0 bridgehead atoms. The van der Waals surface area contributed by atoms with E-state index in [1.165, 1.54) is 5.56 Å². The fourth-order valence-corrected chi connectivity index (χ4v) is 2.28. The van der Waals surface area contributed by atoms with E-state index in [0.717, 1.165) is 36.7 Å². The van der Waals surface area contributed by atoms with Crippen LogP contribution in [0.4, 0.5) is 0 Å². The van der Waals surface area contributed by atoms with Gasteiger partial charge in [0.25, 0.3) is 0 Å². The molecule has 0 aliphatic carbocycles. The molecule has 3 rings (SSSR count). The number of benzene rings is 1. The lowest BCUT2D eigenvalue weighted by Crippen LogP contribution is -2.21. The number of ether oxygens (including phenoxy) is 2. The topological polar surface area (TPSA) is 34.6 Å². The maximum atomic E-state index is 5.40. The Kier molecular flexibility index (Phi) is 3.83. The average molecular weight is 270 g/mol. The van der Waals surface area contributed by atoms with Crippen LogP contribution in [0.5, 0.6) is 11.5 Å². The molecule has 1 aromatic carbocycles. The summed E-state index contributed by atoms with van der Waals surface area (Å²) in [5, 5.41) is 0. The largest absolute Gasteiger partial charge is 0.454 e. The van der Waals surface area contributed by atoms with E-state index >= 15 is 0 Å². The van der Waals surface area contributed by atoms with E-state index in [0.29, 0.717) is 6.79 Å². The summed E-state index contributed by atoms with van der Waals surface area (Å²) in [6.45, 7) is 2.20. The van der Waals surface area contributed by atoms with Crippen molar-refractivity contribution in [3.63, 3.8) is 0 Å². The van der Waals surface area contributed by atoms with Gasteiger partial charge in [-0.3, -0.25) is 4.98 Å². The van der Waals surface area contributed by atoms with E-state index in [9.17, 15) is 0 Å². The van der Waals surface area contributed by atoms with Gasteiger partial charge in [0.2, 0.25) is 6.79 Å². The summed E-state index contributed by atoms with van der Waals surface area (Å²) in [7, 11) is 2.12. The van der Waals surface area contributed by atoms with Gasteiger partial charge in [-0.15, -0.1) is 0 Å². The Labute approximate surface area is 119 Å². The number of nitrogens with zero attached hydrogens (tertiary/aromatic N) is 2. The third kappa shape index (κ3) is 3.08. The number of pyridine rings is 1. The summed E-state index contributed by atoms with van der Waals surface area (Å²) in [5.41, 5.74) is 2.36. The first-order chi connectivity index (χ1) is 9.81. The number of likely N-dealkylation sites (N-methyl/N-ethyl adjacent to an activating group) is 1. The van der Waals surface area contributed by atoms with Gasteiger partial charge in [0, 0.05) is 31.4 Å². The molecule has 2 heterocycles.